The van der Waals surface area contributed by atoms with Crippen LogP contribution in [0.4, 0.5) is 0 Å². The average molecular weight is 283 g/mol. The number of hydrogen-bond donors (Lipinski definition) is 1. The van der Waals surface area contributed by atoms with Crippen molar-refractivity contribution in [2.45, 2.75) is 56.7 Å². The van der Waals surface area contributed by atoms with Crippen LogP contribution in [0, 0.1) is 5.92 Å². The molecule has 2 aliphatic rings. The van der Waals surface area contributed by atoms with Gasteiger partial charge in [0.05, 0.1) is 6.54 Å². The summed E-state index contributed by atoms with van der Waals surface area (Å²) in [6.45, 7) is 6.65. The molecule has 0 amide bonds. The number of nitrogens with zero attached hydrogens (tertiary/aromatic N) is 2. The first-order chi connectivity index (χ1) is 9.02. The standard InChI is InChI=1S/C15H29N3S/c1-12(2)9-13-10-16-14(19-13)17-11-15(18(3)4)7-5-6-8-15/h12-13H,5-11H2,1-4H3,(H,16,17). The number of nitrogens with one attached hydrogen (secondary N) is 1. The molecule has 0 saturated heterocycles. The third-order valence-corrected chi connectivity index (χ3v) is 5.67. The minimum Gasteiger partial charge on any atom is -0.363 e. The molecule has 1 aliphatic heterocycles. The normalized spacial score (nSPS) is 26.2. The highest BCUT2D eigenvalue weighted by atomic mass is 32.2. The summed E-state index contributed by atoms with van der Waals surface area (Å²) in [6.07, 6.45) is 6.66. The molecule has 1 unspecified atom stereocenters. The van der Waals surface area contributed by atoms with Crippen molar-refractivity contribution < 1.29 is 0 Å². The third-order valence-electron chi connectivity index (χ3n) is 4.50. The molecule has 2 rings (SSSR count). The second-order valence-electron chi connectivity index (χ2n) is 6.69. The predicted molar refractivity (Wildman–Crippen MR) is 86.0 cm³/mol. The molecule has 0 aromatic heterocycles. The van der Waals surface area contributed by atoms with Gasteiger partial charge in [-0.15, -0.1) is 0 Å². The first-order valence-electron chi connectivity index (χ1n) is 7.64. The molecule has 0 spiro atoms. The molecule has 1 aliphatic carbocycles. The van der Waals surface area contributed by atoms with Crippen LogP contribution >= 0.6 is 11.8 Å². The Morgan fingerprint density at radius 2 is 2.05 bits per heavy atom. The zero-order chi connectivity index (χ0) is 13.9. The van der Waals surface area contributed by atoms with Crippen LogP contribution in [0.25, 0.3) is 0 Å². The SMILES string of the molecule is CC(C)CC1CN=C(NCC2(N(C)C)CCCC2)S1. The molecule has 1 N–H and O–H groups in total. The van der Waals surface area contributed by atoms with Crippen molar-refractivity contribution in [3.05, 3.63) is 0 Å². The molecule has 1 fully saturated rings. The van der Waals surface area contributed by atoms with Crippen LogP contribution in [0.3, 0.4) is 0 Å². The number of thioether (sulfide) groups is 1. The molecule has 19 heavy (non-hydrogen) atoms. The summed E-state index contributed by atoms with van der Waals surface area (Å²) >= 11 is 1.95. The van der Waals surface area contributed by atoms with E-state index in [0.717, 1.165) is 19.0 Å². The lowest BCUT2D eigenvalue weighted by Gasteiger charge is -2.36. The van der Waals surface area contributed by atoms with E-state index in [4.69, 9.17) is 0 Å². The van der Waals surface area contributed by atoms with Gasteiger partial charge in [-0.3, -0.25) is 4.99 Å². The molecule has 4 heteroatoms. The Balaban J connectivity index is 1.80. The monoisotopic (exact) mass is 283 g/mol. The highest BCUT2D eigenvalue weighted by Crippen LogP contribution is 2.33. The molecular weight excluding hydrogens is 254 g/mol. The molecule has 0 aromatic carbocycles. The zero-order valence-electron chi connectivity index (χ0n) is 12.9. The van der Waals surface area contributed by atoms with E-state index in [1.165, 1.54) is 37.3 Å². The Labute approximate surface area is 122 Å². The fourth-order valence-corrected chi connectivity index (χ4v) is 4.47. The molecule has 1 atom stereocenters. The van der Waals surface area contributed by atoms with Crippen LogP contribution in [0.2, 0.25) is 0 Å². The smallest absolute Gasteiger partial charge is 0.156 e. The van der Waals surface area contributed by atoms with Gasteiger partial charge in [0.1, 0.15) is 0 Å². The minimum absolute atomic E-state index is 0.360. The van der Waals surface area contributed by atoms with Crippen LogP contribution < -0.4 is 5.32 Å². The summed E-state index contributed by atoms with van der Waals surface area (Å²) in [5.74, 6) is 0.773. The van der Waals surface area contributed by atoms with Gasteiger partial charge in [-0.05, 0) is 39.3 Å². The highest BCUT2D eigenvalue weighted by Gasteiger charge is 2.36. The van der Waals surface area contributed by atoms with Crippen molar-refractivity contribution in [1.29, 1.82) is 0 Å². The molecule has 3 nitrogen and oxygen atoms in total. The highest BCUT2D eigenvalue weighted by molar-refractivity contribution is 8.14. The van der Waals surface area contributed by atoms with Gasteiger partial charge in [-0.2, -0.15) is 0 Å². The summed E-state index contributed by atoms with van der Waals surface area (Å²) in [6, 6.07) is 0. The largest absolute Gasteiger partial charge is 0.363 e. The summed E-state index contributed by atoms with van der Waals surface area (Å²) in [7, 11) is 4.44. The van der Waals surface area contributed by atoms with E-state index in [2.05, 4.69) is 43.2 Å². The molecule has 0 aromatic rings. The Bertz CT molecular complexity index is 319. The van der Waals surface area contributed by atoms with E-state index in [0.29, 0.717) is 10.8 Å². The topological polar surface area (TPSA) is 27.6 Å². The molecule has 110 valence electrons. The lowest BCUT2D eigenvalue weighted by molar-refractivity contribution is 0.161. The van der Waals surface area contributed by atoms with Gasteiger partial charge >= 0.3 is 0 Å². The van der Waals surface area contributed by atoms with E-state index in [-0.39, 0.29) is 0 Å². The van der Waals surface area contributed by atoms with E-state index < -0.39 is 0 Å². The van der Waals surface area contributed by atoms with E-state index in [1.807, 2.05) is 11.8 Å². The van der Waals surface area contributed by atoms with E-state index in [1.54, 1.807) is 0 Å². The molecule has 0 bridgehead atoms. The van der Waals surface area contributed by atoms with Gasteiger partial charge < -0.3 is 10.2 Å². The first-order valence-corrected chi connectivity index (χ1v) is 8.52. The van der Waals surface area contributed by atoms with Crippen LogP contribution in [0.1, 0.15) is 46.0 Å². The maximum atomic E-state index is 4.67. The number of hydrogen-bond acceptors (Lipinski definition) is 4. The Morgan fingerprint density at radius 3 is 2.63 bits per heavy atom. The molecule has 1 heterocycles. The third kappa shape index (κ3) is 3.88. The molecular formula is C15H29N3S. The number of aliphatic imine (C=N–C) groups is 1. The van der Waals surface area contributed by atoms with Gasteiger partial charge in [0.25, 0.3) is 0 Å². The molecule has 0 radical (unpaired) electrons. The minimum atomic E-state index is 0.360. The van der Waals surface area contributed by atoms with Gasteiger partial charge in [0.2, 0.25) is 0 Å². The Morgan fingerprint density at radius 1 is 1.37 bits per heavy atom. The number of amidine groups is 1. The second kappa shape index (κ2) is 6.49. The van der Waals surface area contributed by atoms with Gasteiger partial charge in [0, 0.05) is 17.3 Å². The van der Waals surface area contributed by atoms with E-state index in [9.17, 15) is 0 Å². The van der Waals surface area contributed by atoms with Crippen molar-refractivity contribution in [1.82, 2.24) is 10.2 Å². The number of rotatable bonds is 5. The molecule has 1 saturated carbocycles. The summed E-state index contributed by atoms with van der Waals surface area (Å²) in [5.41, 5.74) is 0.360. The van der Waals surface area contributed by atoms with Gasteiger partial charge in [-0.1, -0.05) is 38.5 Å². The average Bonchev–Trinajstić information content (AvgIpc) is 2.95. The van der Waals surface area contributed by atoms with Crippen LogP contribution in [-0.4, -0.2) is 48.0 Å². The van der Waals surface area contributed by atoms with Crippen molar-refractivity contribution in [3.8, 4) is 0 Å². The lowest BCUT2D eigenvalue weighted by Crippen LogP contribution is -2.50. The summed E-state index contributed by atoms with van der Waals surface area (Å²) in [4.78, 5) is 7.09. The van der Waals surface area contributed by atoms with Gasteiger partial charge in [0.15, 0.2) is 5.17 Å². The summed E-state index contributed by atoms with van der Waals surface area (Å²) < 4.78 is 0. The maximum absolute atomic E-state index is 4.67. The maximum Gasteiger partial charge on any atom is 0.156 e. The Kier molecular flexibility index (Phi) is 5.18. The quantitative estimate of drug-likeness (QED) is 0.840. The van der Waals surface area contributed by atoms with Crippen LogP contribution in [0.5, 0.6) is 0 Å². The second-order valence-corrected chi connectivity index (χ2v) is 7.98. The predicted octanol–water partition coefficient (Wildman–Crippen LogP) is 2.97. The van der Waals surface area contributed by atoms with Crippen LogP contribution in [-0.2, 0) is 0 Å². The van der Waals surface area contributed by atoms with Crippen molar-refractivity contribution in [3.63, 3.8) is 0 Å². The van der Waals surface area contributed by atoms with Crippen molar-refractivity contribution in [2.75, 3.05) is 27.2 Å². The van der Waals surface area contributed by atoms with Gasteiger partial charge in [-0.25, -0.2) is 0 Å². The zero-order valence-corrected chi connectivity index (χ0v) is 13.7. The fourth-order valence-electron chi connectivity index (χ4n) is 3.22. The fraction of sp³-hybridized carbons (Fsp3) is 0.933. The Hall–Kier alpha value is -0.220. The van der Waals surface area contributed by atoms with E-state index >= 15 is 0 Å². The first kappa shape index (κ1) is 15.2. The van der Waals surface area contributed by atoms with Crippen molar-refractivity contribution in [2.24, 2.45) is 10.9 Å². The lowest BCUT2D eigenvalue weighted by atomic mass is 9.96. The van der Waals surface area contributed by atoms with Crippen LogP contribution in [0.15, 0.2) is 4.99 Å². The summed E-state index contributed by atoms with van der Waals surface area (Å²) in [5, 5.41) is 5.50. The van der Waals surface area contributed by atoms with Crippen molar-refractivity contribution >= 4 is 16.9 Å². The number of likely N-dealkylation sites (N-methyl/N-ethyl adjacent to an activating group) is 1.